The summed E-state index contributed by atoms with van der Waals surface area (Å²) in [7, 11) is 0. The molecular weight excluding hydrogens is 246 g/mol. The van der Waals surface area contributed by atoms with Crippen molar-refractivity contribution in [2.75, 3.05) is 19.6 Å². The van der Waals surface area contributed by atoms with E-state index in [2.05, 4.69) is 22.1 Å². The van der Waals surface area contributed by atoms with Crippen LogP contribution >= 0.6 is 11.6 Å². The van der Waals surface area contributed by atoms with Crippen LogP contribution in [0.3, 0.4) is 0 Å². The first kappa shape index (κ1) is 13.8. The third kappa shape index (κ3) is 3.94. The van der Waals surface area contributed by atoms with E-state index in [9.17, 15) is 0 Å². The van der Waals surface area contributed by atoms with Crippen LogP contribution in [0.2, 0.25) is 5.02 Å². The Morgan fingerprint density at radius 3 is 3.06 bits per heavy atom. The monoisotopic (exact) mass is 267 g/mol. The van der Waals surface area contributed by atoms with Gasteiger partial charge in [0.2, 0.25) is 0 Å². The summed E-state index contributed by atoms with van der Waals surface area (Å²) >= 11 is 6.16. The van der Waals surface area contributed by atoms with Crippen LogP contribution in [0.4, 0.5) is 0 Å². The molecule has 0 radical (unpaired) electrons. The van der Waals surface area contributed by atoms with E-state index in [0.717, 1.165) is 31.2 Å². The van der Waals surface area contributed by atoms with E-state index in [1.807, 2.05) is 12.3 Å². The van der Waals surface area contributed by atoms with Crippen LogP contribution in [-0.4, -0.2) is 35.6 Å². The van der Waals surface area contributed by atoms with Crippen molar-refractivity contribution in [3.8, 4) is 0 Å². The third-order valence-electron chi connectivity index (χ3n) is 3.59. The summed E-state index contributed by atoms with van der Waals surface area (Å²) in [5.74, 6) is 0. The second-order valence-electron chi connectivity index (χ2n) is 4.94. The summed E-state index contributed by atoms with van der Waals surface area (Å²) in [5.41, 5.74) is 1.17. The van der Waals surface area contributed by atoms with Gasteiger partial charge in [-0.15, -0.1) is 0 Å². The molecule has 3 nitrogen and oxygen atoms in total. The number of hydrogen-bond donors (Lipinski definition) is 1. The van der Waals surface area contributed by atoms with E-state index in [1.165, 1.54) is 24.8 Å². The first-order chi connectivity index (χ1) is 8.79. The summed E-state index contributed by atoms with van der Waals surface area (Å²) < 4.78 is 0. The van der Waals surface area contributed by atoms with Crippen LogP contribution < -0.4 is 5.32 Å². The van der Waals surface area contributed by atoms with Crippen LogP contribution in [0, 0.1) is 0 Å². The molecule has 0 amide bonds. The Bertz CT molecular complexity index is 364. The van der Waals surface area contributed by atoms with Crippen molar-refractivity contribution in [3.63, 3.8) is 0 Å². The van der Waals surface area contributed by atoms with Gasteiger partial charge in [-0.05, 0) is 37.6 Å². The topological polar surface area (TPSA) is 28.2 Å². The highest BCUT2D eigenvalue weighted by molar-refractivity contribution is 6.31. The van der Waals surface area contributed by atoms with Gasteiger partial charge >= 0.3 is 0 Å². The standard InChI is InChI=1S/C14H22ClN3/c1-2-18(11-13-5-3-4-7-17-13)10-12-6-8-16-9-14(12)15/h6,8-9,13,17H,2-5,7,10-11H2,1H3. The van der Waals surface area contributed by atoms with E-state index in [-0.39, 0.29) is 0 Å². The second-order valence-corrected chi connectivity index (χ2v) is 5.35. The van der Waals surface area contributed by atoms with Crippen molar-refractivity contribution < 1.29 is 0 Å². The van der Waals surface area contributed by atoms with Crippen molar-refractivity contribution in [1.82, 2.24) is 15.2 Å². The lowest BCUT2D eigenvalue weighted by Crippen LogP contribution is -2.43. The zero-order chi connectivity index (χ0) is 12.8. The summed E-state index contributed by atoms with van der Waals surface area (Å²) in [6, 6.07) is 2.65. The lowest BCUT2D eigenvalue weighted by Gasteiger charge is -2.30. The second kappa shape index (κ2) is 7.07. The molecule has 1 atom stereocenters. The molecule has 0 spiro atoms. The number of pyridine rings is 1. The smallest absolute Gasteiger partial charge is 0.0634 e. The number of rotatable bonds is 5. The van der Waals surface area contributed by atoms with Crippen LogP contribution in [0.25, 0.3) is 0 Å². The largest absolute Gasteiger partial charge is 0.313 e. The minimum absolute atomic E-state index is 0.638. The quantitative estimate of drug-likeness (QED) is 0.889. The Kier molecular flexibility index (Phi) is 5.42. The molecule has 1 fully saturated rings. The van der Waals surface area contributed by atoms with Gasteiger partial charge in [0.1, 0.15) is 0 Å². The van der Waals surface area contributed by atoms with Gasteiger partial charge in [0.25, 0.3) is 0 Å². The van der Waals surface area contributed by atoms with E-state index in [0.29, 0.717) is 6.04 Å². The number of piperidine rings is 1. The molecule has 0 aliphatic carbocycles. The summed E-state index contributed by atoms with van der Waals surface area (Å²) in [4.78, 5) is 6.48. The number of hydrogen-bond acceptors (Lipinski definition) is 3. The molecule has 1 aromatic rings. The van der Waals surface area contributed by atoms with Crippen molar-refractivity contribution in [3.05, 3.63) is 29.0 Å². The first-order valence-corrected chi connectivity index (χ1v) is 7.21. The minimum atomic E-state index is 0.638. The number of halogens is 1. The third-order valence-corrected chi connectivity index (χ3v) is 3.93. The van der Waals surface area contributed by atoms with E-state index < -0.39 is 0 Å². The lowest BCUT2D eigenvalue weighted by molar-refractivity contribution is 0.226. The molecule has 0 saturated carbocycles. The van der Waals surface area contributed by atoms with Crippen molar-refractivity contribution in [2.24, 2.45) is 0 Å². The molecule has 1 N–H and O–H groups in total. The lowest BCUT2D eigenvalue weighted by atomic mass is 10.0. The Balaban J connectivity index is 1.90. The number of nitrogens with one attached hydrogen (secondary N) is 1. The average molecular weight is 268 g/mol. The Labute approximate surface area is 115 Å². The molecule has 0 aromatic carbocycles. The number of aromatic nitrogens is 1. The fraction of sp³-hybridized carbons (Fsp3) is 0.643. The fourth-order valence-electron chi connectivity index (χ4n) is 2.47. The fourth-order valence-corrected chi connectivity index (χ4v) is 2.65. The van der Waals surface area contributed by atoms with E-state index in [1.54, 1.807) is 6.20 Å². The van der Waals surface area contributed by atoms with Gasteiger partial charge in [0, 0.05) is 31.5 Å². The van der Waals surface area contributed by atoms with Crippen molar-refractivity contribution in [2.45, 2.75) is 38.8 Å². The highest BCUT2D eigenvalue weighted by atomic mass is 35.5. The predicted molar refractivity (Wildman–Crippen MR) is 75.8 cm³/mol. The zero-order valence-electron chi connectivity index (χ0n) is 11.0. The van der Waals surface area contributed by atoms with Crippen molar-refractivity contribution >= 4 is 11.6 Å². The Morgan fingerprint density at radius 1 is 1.50 bits per heavy atom. The molecule has 0 bridgehead atoms. The van der Waals surface area contributed by atoms with Crippen LogP contribution in [0.1, 0.15) is 31.7 Å². The molecule has 100 valence electrons. The maximum Gasteiger partial charge on any atom is 0.0634 e. The average Bonchev–Trinajstić information content (AvgIpc) is 2.41. The Hall–Kier alpha value is -0.640. The first-order valence-electron chi connectivity index (χ1n) is 6.83. The highest BCUT2D eigenvalue weighted by Gasteiger charge is 2.16. The summed E-state index contributed by atoms with van der Waals surface area (Å²) in [6.07, 6.45) is 7.50. The Morgan fingerprint density at radius 2 is 2.39 bits per heavy atom. The van der Waals surface area contributed by atoms with Crippen molar-refractivity contribution in [1.29, 1.82) is 0 Å². The maximum atomic E-state index is 6.16. The molecule has 18 heavy (non-hydrogen) atoms. The van der Waals surface area contributed by atoms with Crippen LogP contribution in [0.5, 0.6) is 0 Å². The number of nitrogens with zero attached hydrogens (tertiary/aromatic N) is 2. The molecule has 1 unspecified atom stereocenters. The molecule has 1 aliphatic heterocycles. The van der Waals surface area contributed by atoms with Gasteiger partial charge in [-0.2, -0.15) is 0 Å². The number of likely N-dealkylation sites (N-methyl/N-ethyl adjacent to an activating group) is 1. The summed E-state index contributed by atoms with van der Waals surface area (Å²) in [5, 5.41) is 4.37. The molecule has 2 rings (SSSR count). The zero-order valence-corrected chi connectivity index (χ0v) is 11.8. The van der Waals surface area contributed by atoms with E-state index in [4.69, 9.17) is 11.6 Å². The molecule has 1 saturated heterocycles. The van der Waals surface area contributed by atoms with Crippen LogP contribution in [0.15, 0.2) is 18.5 Å². The van der Waals surface area contributed by atoms with Crippen LogP contribution in [-0.2, 0) is 6.54 Å². The molecule has 1 aliphatic rings. The van der Waals surface area contributed by atoms with Gasteiger partial charge in [-0.1, -0.05) is 24.9 Å². The molecular formula is C14H22ClN3. The molecule has 1 aromatic heterocycles. The molecule has 2 heterocycles. The minimum Gasteiger partial charge on any atom is -0.313 e. The highest BCUT2D eigenvalue weighted by Crippen LogP contribution is 2.16. The predicted octanol–water partition coefficient (Wildman–Crippen LogP) is 2.70. The molecule has 4 heteroatoms. The van der Waals surface area contributed by atoms with Gasteiger partial charge in [-0.3, -0.25) is 9.88 Å². The normalized spacial score (nSPS) is 20.3. The van der Waals surface area contributed by atoms with Gasteiger partial charge in [0.05, 0.1) is 5.02 Å². The summed E-state index contributed by atoms with van der Waals surface area (Å²) in [6.45, 7) is 6.44. The maximum absolute atomic E-state index is 6.16. The van der Waals surface area contributed by atoms with E-state index >= 15 is 0 Å². The SMILES string of the molecule is CCN(Cc1ccncc1Cl)CC1CCCCN1. The van der Waals surface area contributed by atoms with Gasteiger partial charge in [0.15, 0.2) is 0 Å². The van der Waals surface area contributed by atoms with Gasteiger partial charge in [-0.25, -0.2) is 0 Å². The van der Waals surface area contributed by atoms with Gasteiger partial charge < -0.3 is 5.32 Å².